The number of aromatic nitrogens is 2. The summed E-state index contributed by atoms with van der Waals surface area (Å²) in [4.78, 5) is 33.1. The molecule has 2 aromatic heterocycles. The number of rotatable bonds is 3. The zero-order valence-electron chi connectivity index (χ0n) is 18.1. The highest BCUT2D eigenvalue weighted by Crippen LogP contribution is 2.34. The van der Waals surface area contributed by atoms with Crippen molar-refractivity contribution in [2.45, 2.75) is 25.3 Å². The summed E-state index contributed by atoms with van der Waals surface area (Å²) in [7, 11) is 0. The van der Waals surface area contributed by atoms with Crippen molar-refractivity contribution in [2.24, 2.45) is 0 Å². The molecule has 0 N–H and O–H groups in total. The van der Waals surface area contributed by atoms with Crippen LogP contribution >= 0.6 is 11.3 Å². The topological polar surface area (TPSA) is 55.2 Å². The summed E-state index contributed by atoms with van der Waals surface area (Å²) in [6.45, 7) is 1.69. The van der Waals surface area contributed by atoms with Crippen LogP contribution in [0.1, 0.15) is 23.8 Å². The van der Waals surface area contributed by atoms with Crippen LogP contribution in [-0.2, 0) is 11.3 Å². The Morgan fingerprint density at radius 3 is 2.15 bits per heavy atom. The minimum absolute atomic E-state index is 0.0153. The van der Waals surface area contributed by atoms with Crippen LogP contribution in [0.2, 0.25) is 0 Å². The van der Waals surface area contributed by atoms with Gasteiger partial charge in [-0.1, -0.05) is 36.4 Å². The van der Waals surface area contributed by atoms with Crippen LogP contribution in [0.25, 0.3) is 32.0 Å². The number of likely N-dealkylation sites (tertiary alicyclic amines) is 1. The van der Waals surface area contributed by atoms with Crippen molar-refractivity contribution in [3.8, 4) is 0 Å². The second-order valence-electron chi connectivity index (χ2n) is 8.62. The molecule has 0 spiro atoms. The average molecular weight is 454 g/mol. The summed E-state index contributed by atoms with van der Waals surface area (Å²) in [5.41, 5.74) is 2.69. The Bertz CT molecular complexity index is 1470. The predicted octanol–water partition coefficient (Wildman–Crippen LogP) is 5.17. The van der Waals surface area contributed by atoms with Crippen molar-refractivity contribution in [1.29, 1.82) is 0 Å². The van der Waals surface area contributed by atoms with E-state index in [1.54, 1.807) is 11.3 Å². The zero-order valence-corrected chi connectivity index (χ0v) is 18.9. The summed E-state index contributed by atoms with van der Waals surface area (Å²) < 4.78 is 3.22. The zero-order chi connectivity index (χ0) is 22.4. The molecule has 164 valence electrons. The van der Waals surface area contributed by atoms with E-state index in [-0.39, 0.29) is 17.9 Å². The first kappa shape index (κ1) is 20.1. The number of carbonyl (C=O) groups is 1. The lowest BCUT2D eigenvalue weighted by Crippen LogP contribution is -2.40. The van der Waals surface area contributed by atoms with E-state index < -0.39 is 0 Å². The summed E-state index contributed by atoms with van der Waals surface area (Å²) in [6, 6.07) is 23.4. The fourth-order valence-electron chi connectivity index (χ4n) is 4.92. The van der Waals surface area contributed by atoms with Crippen LogP contribution in [-0.4, -0.2) is 33.4 Å². The van der Waals surface area contributed by atoms with Crippen molar-refractivity contribution in [2.75, 3.05) is 13.1 Å². The summed E-state index contributed by atoms with van der Waals surface area (Å²) >= 11 is 1.77. The van der Waals surface area contributed by atoms with Crippen LogP contribution in [0.4, 0.5) is 0 Å². The molecule has 33 heavy (non-hydrogen) atoms. The fourth-order valence-corrected chi connectivity index (χ4v) is 6.06. The van der Waals surface area contributed by atoms with E-state index in [0.717, 1.165) is 42.5 Å². The van der Waals surface area contributed by atoms with Crippen molar-refractivity contribution < 1.29 is 4.79 Å². The minimum Gasteiger partial charge on any atom is -0.341 e. The van der Waals surface area contributed by atoms with E-state index in [2.05, 4.69) is 18.2 Å². The molecule has 3 aromatic carbocycles. The molecular weight excluding hydrogens is 430 g/mol. The highest BCUT2D eigenvalue weighted by atomic mass is 32.1. The first-order valence-electron chi connectivity index (χ1n) is 11.3. The number of pyridine rings is 1. The van der Waals surface area contributed by atoms with Crippen LogP contribution in [0.15, 0.2) is 77.6 Å². The van der Waals surface area contributed by atoms with Gasteiger partial charge < -0.3 is 9.47 Å². The Morgan fingerprint density at radius 1 is 0.879 bits per heavy atom. The normalized spacial score (nSPS) is 15.0. The van der Waals surface area contributed by atoms with Gasteiger partial charge in [-0.05, 0) is 49.2 Å². The van der Waals surface area contributed by atoms with Gasteiger partial charge in [0, 0.05) is 29.8 Å². The summed E-state index contributed by atoms with van der Waals surface area (Å²) in [5.74, 6) is 0.497. The molecule has 6 heteroatoms. The quantitative estimate of drug-likeness (QED) is 0.354. The molecule has 5 nitrogen and oxygen atoms in total. The molecule has 0 aliphatic carbocycles. The molecule has 1 aliphatic rings. The van der Waals surface area contributed by atoms with Gasteiger partial charge in [-0.15, -0.1) is 11.3 Å². The Kier molecular flexibility index (Phi) is 4.95. The number of thiazole rings is 1. The van der Waals surface area contributed by atoms with E-state index in [4.69, 9.17) is 4.98 Å². The molecule has 0 bridgehead atoms. The average Bonchev–Trinajstić information content (AvgIpc) is 3.31. The van der Waals surface area contributed by atoms with Gasteiger partial charge in [-0.2, -0.15) is 0 Å². The van der Waals surface area contributed by atoms with Gasteiger partial charge in [0.15, 0.2) is 5.43 Å². The lowest BCUT2D eigenvalue weighted by atomic mass is 9.97. The van der Waals surface area contributed by atoms with Crippen molar-refractivity contribution in [1.82, 2.24) is 14.5 Å². The second-order valence-corrected chi connectivity index (χ2v) is 9.69. The maximum atomic E-state index is 13.3. The van der Waals surface area contributed by atoms with Gasteiger partial charge in [0.1, 0.15) is 6.54 Å². The Hall–Kier alpha value is -3.51. The summed E-state index contributed by atoms with van der Waals surface area (Å²) in [5, 5.41) is 2.48. The van der Waals surface area contributed by atoms with Crippen molar-refractivity contribution >= 4 is 49.3 Å². The highest BCUT2D eigenvalue weighted by molar-refractivity contribution is 7.18. The Labute approximate surface area is 194 Å². The first-order chi connectivity index (χ1) is 16.2. The number of hydrogen-bond donors (Lipinski definition) is 0. The largest absolute Gasteiger partial charge is 0.341 e. The molecule has 5 aromatic rings. The van der Waals surface area contributed by atoms with E-state index in [1.807, 2.05) is 64.1 Å². The van der Waals surface area contributed by atoms with Crippen molar-refractivity contribution in [3.63, 3.8) is 0 Å². The third-order valence-electron chi connectivity index (χ3n) is 6.68. The number of benzene rings is 3. The maximum absolute atomic E-state index is 13.3. The monoisotopic (exact) mass is 453 g/mol. The number of carbonyl (C=O) groups excluding carboxylic acids is 1. The van der Waals surface area contributed by atoms with Crippen LogP contribution in [0, 0.1) is 0 Å². The standard InChI is InChI=1S/C27H23N3O2S/c31-25(29-15-13-18(14-16-29)27-28-21-9-3-6-12-24(21)33-27)17-30-22-10-4-1-7-19(22)26(32)20-8-2-5-11-23(20)30/h1-12,18H,13-17H2. The van der Waals surface area contributed by atoms with Gasteiger partial charge in [0.25, 0.3) is 0 Å². The van der Waals surface area contributed by atoms with Crippen LogP contribution in [0.5, 0.6) is 0 Å². The SMILES string of the molecule is O=C(Cn1c2ccccc2c(=O)c2ccccc21)N1CCC(c2nc3ccccc3s2)CC1. The number of fused-ring (bicyclic) bond motifs is 3. The maximum Gasteiger partial charge on any atom is 0.242 e. The fraction of sp³-hybridized carbons (Fsp3) is 0.222. The van der Waals surface area contributed by atoms with E-state index >= 15 is 0 Å². The molecule has 6 rings (SSSR count). The molecule has 0 atom stereocenters. The molecule has 0 unspecified atom stereocenters. The minimum atomic E-state index is 0.0153. The molecule has 3 heterocycles. The van der Waals surface area contributed by atoms with E-state index in [9.17, 15) is 9.59 Å². The van der Waals surface area contributed by atoms with Gasteiger partial charge in [0.2, 0.25) is 5.91 Å². The number of piperidine rings is 1. The second kappa shape index (κ2) is 8.12. The highest BCUT2D eigenvalue weighted by Gasteiger charge is 2.26. The molecule has 0 saturated carbocycles. The lowest BCUT2D eigenvalue weighted by molar-refractivity contribution is -0.132. The number of amides is 1. The molecule has 1 aliphatic heterocycles. The smallest absolute Gasteiger partial charge is 0.242 e. The molecule has 0 radical (unpaired) electrons. The van der Waals surface area contributed by atoms with Crippen molar-refractivity contribution in [3.05, 3.63) is 88.0 Å². The Morgan fingerprint density at radius 2 is 1.48 bits per heavy atom. The number of nitrogens with zero attached hydrogens (tertiary/aromatic N) is 3. The predicted molar refractivity (Wildman–Crippen MR) is 134 cm³/mol. The van der Waals surface area contributed by atoms with Gasteiger partial charge >= 0.3 is 0 Å². The van der Waals surface area contributed by atoms with Crippen LogP contribution < -0.4 is 5.43 Å². The summed E-state index contributed by atoms with van der Waals surface area (Å²) in [6.07, 6.45) is 1.86. The third kappa shape index (κ3) is 3.51. The number of hydrogen-bond acceptors (Lipinski definition) is 4. The molecule has 1 saturated heterocycles. The van der Waals surface area contributed by atoms with Gasteiger partial charge in [-0.3, -0.25) is 9.59 Å². The van der Waals surface area contributed by atoms with E-state index in [0.29, 0.717) is 16.7 Å². The molecule has 1 fully saturated rings. The molecule has 1 amide bonds. The third-order valence-corrected chi connectivity index (χ3v) is 7.88. The Balaban J connectivity index is 1.25. The first-order valence-corrected chi connectivity index (χ1v) is 12.1. The number of para-hydroxylation sites is 3. The lowest BCUT2D eigenvalue weighted by Gasteiger charge is -2.31. The van der Waals surface area contributed by atoms with Gasteiger partial charge in [-0.25, -0.2) is 4.98 Å². The van der Waals surface area contributed by atoms with Crippen LogP contribution in [0.3, 0.4) is 0 Å². The van der Waals surface area contributed by atoms with Gasteiger partial charge in [0.05, 0.1) is 26.3 Å². The van der Waals surface area contributed by atoms with E-state index in [1.165, 1.54) is 9.71 Å². The molecular formula is C27H23N3O2S.